The Morgan fingerprint density at radius 1 is 0.699 bits per heavy atom. The topological polar surface area (TPSA) is 249 Å². The van der Waals surface area contributed by atoms with Gasteiger partial charge in [0.25, 0.3) is 11.1 Å². The Morgan fingerprint density at radius 3 is 1.82 bits per heavy atom. The number of pyridine rings is 2. The van der Waals surface area contributed by atoms with Gasteiger partial charge in [-0.05, 0) is 106 Å². The number of aliphatic hydroxyl groups is 1. The number of hydrogen-bond acceptors (Lipinski definition) is 15. The maximum Gasteiger partial charge on any atom is 0.345 e. The SMILES string of the molecule is COc1ccc2ncc(=O)n(C3CCN(CCc4cc5c(=O)oc6ccc(F)cc6c5[nH]4)CC3)c2n1.O=CCc1cc2c(=O)oc3ccc(F)cc3c2[nH]1.O=c1cnc2ccc(CO)nc2n1C1CCNCC1. The van der Waals surface area contributed by atoms with Gasteiger partial charge in [0.1, 0.15) is 40.1 Å². The maximum atomic E-state index is 13.8. The van der Waals surface area contributed by atoms with Crippen molar-refractivity contribution in [1.82, 2.24) is 49.3 Å². The first-order valence-corrected chi connectivity index (χ1v) is 23.7. The molecule has 0 aliphatic carbocycles. The highest BCUT2D eigenvalue weighted by Gasteiger charge is 2.25. The molecule has 12 rings (SSSR count). The van der Waals surface area contributed by atoms with Crippen LogP contribution in [0.15, 0.2) is 113 Å². The molecule has 0 radical (unpaired) electrons. The van der Waals surface area contributed by atoms with Crippen molar-refractivity contribution in [3.8, 4) is 5.88 Å². The number of benzene rings is 2. The van der Waals surface area contributed by atoms with Crippen LogP contribution in [0.5, 0.6) is 5.88 Å². The summed E-state index contributed by atoms with van der Waals surface area (Å²) in [4.78, 5) is 85.2. The molecule has 2 aromatic carbocycles. The Kier molecular flexibility index (Phi) is 13.8. The number of aromatic amines is 2. The van der Waals surface area contributed by atoms with Crippen LogP contribution in [0.3, 0.4) is 0 Å². The summed E-state index contributed by atoms with van der Waals surface area (Å²) in [6, 6.07) is 18.7. The van der Waals surface area contributed by atoms with Crippen LogP contribution in [-0.2, 0) is 24.2 Å². The van der Waals surface area contributed by atoms with E-state index in [9.17, 15) is 37.9 Å². The molecule has 10 aromatic rings. The first-order chi connectivity index (χ1) is 35.5. The third-order valence-corrected chi connectivity index (χ3v) is 13.3. The number of nitrogens with zero attached hydrogens (tertiary/aromatic N) is 7. The third kappa shape index (κ3) is 10.0. The molecule has 0 spiro atoms. The molecule has 0 unspecified atom stereocenters. The van der Waals surface area contributed by atoms with Gasteiger partial charge in [0, 0.05) is 72.8 Å². The van der Waals surface area contributed by atoms with E-state index < -0.39 is 17.1 Å². The highest BCUT2D eigenvalue weighted by Crippen LogP contribution is 2.28. The summed E-state index contributed by atoms with van der Waals surface area (Å²) >= 11 is 0. The summed E-state index contributed by atoms with van der Waals surface area (Å²) < 4.78 is 46.2. The fourth-order valence-electron chi connectivity index (χ4n) is 9.68. The molecule has 0 bridgehead atoms. The maximum absolute atomic E-state index is 13.8. The Balaban J connectivity index is 0.000000139. The van der Waals surface area contributed by atoms with Crippen LogP contribution in [0.1, 0.15) is 54.8 Å². The number of carbonyl (C=O) groups excluding carboxylic acids is 1. The molecular weight excluding hydrogens is 947 g/mol. The quantitative estimate of drug-likeness (QED) is 0.0990. The molecule has 2 fully saturated rings. The molecule has 10 heterocycles. The van der Waals surface area contributed by atoms with Gasteiger partial charge in [-0.2, -0.15) is 4.98 Å². The lowest BCUT2D eigenvalue weighted by Crippen LogP contribution is -2.38. The Bertz CT molecular complexity index is 3940. The first kappa shape index (κ1) is 48.4. The minimum Gasteiger partial charge on any atom is -0.481 e. The monoisotopic (exact) mass is 994 g/mol. The number of piperidine rings is 2. The predicted molar refractivity (Wildman–Crippen MR) is 268 cm³/mol. The fraction of sp³-hybridized carbons (Fsp3) is 0.288. The molecule has 21 heteroatoms. The number of nitrogens with one attached hydrogen (secondary N) is 3. The van der Waals surface area contributed by atoms with Gasteiger partial charge in [-0.25, -0.2) is 33.3 Å². The van der Waals surface area contributed by atoms with Crippen molar-refractivity contribution in [3.05, 3.63) is 155 Å². The minimum absolute atomic E-state index is 0.0258. The number of H-pyrrole nitrogens is 2. The van der Waals surface area contributed by atoms with E-state index in [0.717, 1.165) is 70.4 Å². The van der Waals surface area contributed by atoms with Crippen LogP contribution in [-0.4, -0.2) is 95.2 Å². The number of rotatable bonds is 9. The number of methoxy groups -OCH3 is 1. The van der Waals surface area contributed by atoms with Gasteiger partial charge in [0.15, 0.2) is 11.3 Å². The van der Waals surface area contributed by atoms with E-state index in [1.807, 2.05) is 6.07 Å². The smallest absolute Gasteiger partial charge is 0.345 e. The number of aliphatic hydroxyl groups excluding tert-OH is 1. The summed E-state index contributed by atoms with van der Waals surface area (Å²) in [5, 5.41) is 14.3. The largest absolute Gasteiger partial charge is 0.481 e. The standard InChI is InChI=1S/C26H24FN5O4.C13H8FNO3.C13H16N4O2/c1-35-22-5-3-20-25(30-22)32(23(33)14-28-20)17-7-10-31(11-8-17)9-6-16-13-19-24(29-16)18-12-15(27)2-4-21(18)36-26(19)34;14-7-1-2-11-9(5-7)12-10(13(17)18-11)6-8(15-12)3-4-16;18-8-9-1-2-11-13(16-9)17(12(19)7-15-11)10-3-5-14-6-4-10/h2-5,12-14,17,29H,6-11H2,1H3;1-2,4-6,15H,3H2;1-2,7,10,14,18H,3-6,8H2. The lowest BCUT2D eigenvalue weighted by Gasteiger charge is -2.33. The number of likely N-dealkylation sites (tertiary alicyclic amines) is 1. The highest BCUT2D eigenvalue weighted by atomic mass is 19.1. The Labute approximate surface area is 411 Å². The molecule has 4 N–H and O–H groups in total. The highest BCUT2D eigenvalue weighted by molar-refractivity contribution is 6.03. The summed E-state index contributed by atoms with van der Waals surface area (Å²) in [6.07, 6.45) is 7.73. The van der Waals surface area contributed by atoms with Crippen LogP contribution in [0.25, 0.3) is 66.1 Å². The zero-order chi connectivity index (χ0) is 50.8. The van der Waals surface area contributed by atoms with Crippen molar-refractivity contribution in [2.45, 2.75) is 57.2 Å². The second-order valence-electron chi connectivity index (χ2n) is 17.8. The van der Waals surface area contributed by atoms with Gasteiger partial charge in [0.2, 0.25) is 5.88 Å². The number of ether oxygens (including phenoxy) is 1. The van der Waals surface area contributed by atoms with E-state index in [0.29, 0.717) is 89.8 Å². The predicted octanol–water partition coefficient (Wildman–Crippen LogP) is 5.77. The second-order valence-corrected chi connectivity index (χ2v) is 17.8. The van der Waals surface area contributed by atoms with Crippen molar-refractivity contribution < 1.29 is 32.3 Å². The summed E-state index contributed by atoms with van der Waals surface area (Å²) in [7, 11) is 1.55. The first-order valence-electron chi connectivity index (χ1n) is 23.7. The van der Waals surface area contributed by atoms with Gasteiger partial charge in [-0.1, -0.05) is 0 Å². The molecule has 2 saturated heterocycles. The Morgan fingerprint density at radius 2 is 1.25 bits per heavy atom. The van der Waals surface area contributed by atoms with Crippen molar-refractivity contribution in [2.24, 2.45) is 0 Å². The summed E-state index contributed by atoms with van der Waals surface area (Å²) in [5.74, 6) is -0.348. The fourth-order valence-corrected chi connectivity index (χ4v) is 9.68. The number of aromatic nitrogens is 8. The van der Waals surface area contributed by atoms with Crippen molar-refractivity contribution in [1.29, 1.82) is 0 Å². The van der Waals surface area contributed by atoms with Crippen molar-refractivity contribution in [3.63, 3.8) is 0 Å². The van der Waals surface area contributed by atoms with Crippen LogP contribution in [0.2, 0.25) is 0 Å². The number of carbonyl (C=O) groups is 1. The van der Waals surface area contributed by atoms with E-state index in [4.69, 9.17) is 13.6 Å². The molecule has 0 saturated carbocycles. The summed E-state index contributed by atoms with van der Waals surface area (Å²) in [6.45, 7) is 4.10. The van der Waals surface area contributed by atoms with Gasteiger partial charge < -0.3 is 43.7 Å². The third-order valence-electron chi connectivity index (χ3n) is 13.3. The van der Waals surface area contributed by atoms with E-state index in [2.05, 4.69) is 40.1 Å². The number of fused-ring (bicyclic) bond motifs is 8. The zero-order valence-corrected chi connectivity index (χ0v) is 39.4. The van der Waals surface area contributed by atoms with Gasteiger partial charge in [-0.3, -0.25) is 18.7 Å². The second kappa shape index (κ2) is 20.8. The van der Waals surface area contributed by atoms with Gasteiger partial charge in [-0.15, -0.1) is 0 Å². The van der Waals surface area contributed by atoms with Crippen LogP contribution in [0.4, 0.5) is 8.78 Å². The minimum atomic E-state index is -0.502. The Hall–Kier alpha value is -8.27. The van der Waals surface area contributed by atoms with E-state index in [-0.39, 0.29) is 42.0 Å². The van der Waals surface area contributed by atoms with Gasteiger partial charge in [0.05, 0.1) is 53.6 Å². The molecule has 19 nitrogen and oxygen atoms in total. The molecule has 0 amide bonds. The number of aldehydes is 1. The van der Waals surface area contributed by atoms with Crippen molar-refractivity contribution >= 4 is 72.4 Å². The molecule has 0 atom stereocenters. The molecule has 8 aromatic heterocycles. The van der Waals surface area contributed by atoms with Crippen molar-refractivity contribution in [2.75, 3.05) is 39.8 Å². The van der Waals surface area contributed by atoms with E-state index in [1.54, 1.807) is 46.6 Å². The lowest BCUT2D eigenvalue weighted by atomic mass is 10.0. The lowest BCUT2D eigenvalue weighted by molar-refractivity contribution is -0.107. The van der Waals surface area contributed by atoms with E-state index >= 15 is 0 Å². The zero-order valence-electron chi connectivity index (χ0n) is 39.4. The van der Waals surface area contributed by atoms with E-state index in [1.165, 1.54) is 48.8 Å². The number of hydrogen-bond donors (Lipinski definition) is 4. The van der Waals surface area contributed by atoms with Gasteiger partial charge >= 0.3 is 11.3 Å². The normalized spacial score (nSPS) is 14.7. The average molecular weight is 995 g/mol. The molecule has 374 valence electrons. The van der Waals surface area contributed by atoms with Crippen LogP contribution < -0.4 is 32.4 Å². The number of halogens is 2. The molecule has 73 heavy (non-hydrogen) atoms. The molecule has 2 aliphatic rings. The average Bonchev–Trinajstić information content (AvgIpc) is 4.06. The molecular formula is C52H48F2N10O9. The summed E-state index contributed by atoms with van der Waals surface area (Å²) in [5.41, 5.74) is 5.06. The molecule has 2 aliphatic heterocycles. The van der Waals surface area contributed by atoms with Crippen LogP contribution >= 0.6 is 0 Å². The van der Waals surface area contributed by atoms with Crippen LogP contribution in [0, 0.1) is 11.6 Å².